The van der Waals surface area contributed by atoms with Crippen molar-refractivity contribution in [3.63, 3.8) is 0 Å². The van der Waals surface area contributed by atoms with E-state index in [1.54, 1.807) is 18.3 Å². The summed E-state index contributed by atoms with van der Waals surface area (Å²) in [5.41, 5.74) is 0.776. The Morgan fingerprint density at radius 1 is 1.52 bits per heavy atom. The number of nitrogens with zero attached hydrogens (tertiary/aromatic N) is 3. The van der Waals surface area contributed by atoms with E-state index < -0.39 is 15.8 Å². The lowest BCUT2D eigenvalue weighted by atomic mass is 10.1. The molecule has 0 N–H and O–H groups in total. The minimum atomic E-state index is -2.91. The molecule has 3 rings (SSSR count). The summed E-state index contributed by atoms with van der Waals surface area (Å²) in [5.74, 6) is 0.552. The maximum atomic E-state index is 11.7. The highest BCUT2D eigenvalue weighted by atomic mass is 32.2. The monoisotopic (exact) mass is 309 g/mol. The van der Waals surface area contributed by atoms with Crippen molar-refractivity contribution < 1.29 is 17.9 Å². The van der Waals surface area contributed by atoms with Crippen LogP contribution in [-0.4, -0.2) is 47.6 Å². The normalized spacial score (nSPS) is 20.7. The highest BCUT2D eigenvalue weighted by molar-refractivity contribution is 7.91. The Morgan fingerprint density at radius 2 is 2.33 bits per heavy atom. The molecule has 1 aliphatic rings. The van der Waals surface area contributed by atoms with Gasteiger partial charge in [0.2, 0.25) is 0 Å². The quantitative estimate of drug-likeness (QED) is 0.767. The molecule has 1 atom stereocenters. The summed E-state index contributed by atoms with van der Waals surface area (Å²) in [6.07, 6.45) is 2.84. The van der Waals surface area contributed by atoms with E-state index in [9.17, 15) is 13.2 Å². The van der Waals surface area contributed by atoms with Crippen LogP contribution in [0.15, 0.2) is 18.3 Å². The molecule has 0 bridgehead atoms. The van der Waals surface area contributed by atoms with Gasteiger partial charge in [0.15, 0.2) is 21.3 Å². The van der Waals surface area contributed by atoms with Crippen LogP contribution in [0, 0.1) is 5.92 Å². The molecular formula is C13H15N3O4S. The third-order valence-electron chi connectivity index (χ3n) is 3.61. The molecule has 0 aliphatic carbocycles. The molecule has 0 saturated carbocycles. The van der Waals surface area contributed by atoms with Crippen LogP contribution in [-0.2, 0) is 21.0 Å². The fraction of sp³-hybridized carbons (Fsp3) is 0.462. The van der Waals surface area contributed by atoms with Gasteiger partial charge in [0.05, 0.1) is 18.6 Å². The van der Waals surface area contributed by atoms with Crippen molar-refractivity contribution >= 4 is 21.5 Å². The van der Waals surface area contributed by atoms with Gasteiger partial charge in [-0.3, -0.25) is 0 Å². The van der Waals surface area contributed by atoms with Gasteiger partial charge in [-0.1, -0.05) is 0 Å². The van der Waals surface area contributed by atoms with E-state index in [4.69, 9.17) is 4.74 Å². The number of fused-ring (bicyclic) bond motifs is 1. The first-order valence-corrected chi connectivity index (χ1v) is 8.43. The first-order chi connectivity index (χ1) is 9.98. The summed E-state index contributed by atoms with van der Waals surface area (Å²) in [5, 5.41) is 4.30. The molecule has 3 heterocycles. The summed E-state index contributed by atoms with van der Waals surface area (Å²) >= 11 is 0. The Bertz CT molecular complexity index is 797. The van der Waals surface area contributed by atoms with Crippen LogP contribution in [0.5, 0.6) is 0 Å². The van der Waals surface area contributed by atoms with Gasteiger partial charge in [0.25, 0.3) is 0 Å². The van der Waals surface area contributed by atoms with Crippen molar-refractivity contribution in [2.45, 2.75) is 12.8 Å². The third kappa shape index (κ3) is 2.76. The number of carbonyl (C=O) groups excluding carboxylic acids is 1. The van der Waals surface area contributed by atoms with Crippen LogP contribution in [0.3, 0.4) is 0 Å². The smallest absolute Gasteiger partial charge is 0.341 e. The van der Waals surface area contributed by atoms with Crippen molar-refractivity contribution in [2.24, 2.45) is 5.92 Å². The van der Waals surface area contributed by atoms with Crippen LogP contribution in [0.2, 0.25) is 0 Å². The van der Waals surface area contributed by atoms with Gasteiger partial charge in [-0.2, -0.15) is 5.10 Å². The number of pyridine rings is 1. The van der Waals surface area contributed by atoms with Gasteiger partial charge in [-0.25, -0.2) is 22.7 Å². The van der Waals surface area contributed by atoms with Crippen LogP contribution in [0.1, 0.15) is 22.6 Å². The molecular weight excluding hydrogens is 294 g/mol. The van der Waals surface area contributed by atoms with Crippen LogP contribution < -0.4 is 0 Å². The van der Waals surface area contributed by atoms with Gasteiger partial charge >= 0.3 is 5.97 Å². The van der Waals surface area contributed by atoms with E-state index in [2.05, 4.69) is 10.1 Å². The Balaban J connectivity index is 1.89. The number of sulfone groups is 1. The second-order valence-corrected chi connectivity index (χ2v) is 7.41. The van der Waals surface area contributed by atoms with E-state index in [1.165, 1.54) is 11.6 Å². The van der Waals surface area contributed by atoms with E-state index in [0.29, 0.717) is 29.9 Å². The third-order valence-corrected chi connectivity index (χ3v) is 5.45. The van der Waals surface area contributed by atoms with Gasteiger partial charge < -0.3 is 4.74 Å². The molecule has 1 unspecified atom stereocenters. The maximum Gasteiger partial charge on any atom is 0.341 e. The van der Waals surface area contributed by atoms with Gasteiger partial charge in [-0.05, 0) is 24.5 Å². The number of hydrogen-bond acceptors (Lipinski definition) is 6. The van der Waals surface area contributed by atoms with Crippen molar-refractivity contribution in [3.8, 4) is 0 Å². The number of rotatable bonds is 3. The number of carbonyl (C=O) groups is 1. The molecule has 1 aliphatic heterocycles. The Hall–Kier alpha value is -1.96. The van der Waals surface area contributed by atoms with E-state index in [-0.39, 0.29) is 17.4 Å². The zero-order valence-corrected chi connectivity index (χ0v) is 12.3. The van der Waals surface area contributed by atoms with Crippen molar-refractivity contribution in [2.75, 3.05) is 18.6 Å². The molecule has 1 saturated heterocycles. The highest BCUT2D eigenvalue weighted by Crippen LogP contribution is 2.22. The average molecular weight is 309 g/mol. The molecule has 112 valence electrons. The molecule has 0 aromatic carbocycles. The Morgan fingerprint density at radius 3 is 3.00 bits per heavy atom. The Kier molecular flexibility index (Phi) is 3.40. The fourth-order valence-corrected chi connectivity index (χ4v) is 4.46. The maximum absolute atomic E-state index is 11.7. The largest absolute Gasteiger partial charge is 0.465 e. The second-order valence-electron chi connectivity index (χ2n) is 5.18. The molecule has 8 heteroatoms. The molecule has 0 radical (unpaired) electrons. The summed E-state index contributed by atoms with van der Waals surface area (Å²) in [6, 6.07) is 3.32. The number of aromatic nitrogens is 3. The fourth-order valence-electron chi connectivity index (χ4n) is 2.60. The number of esters is 1. The topological polar surface area (TPSA) is 90.6 Å². The lowest BCUT2D eigenvalue weighted by Gasteiger charge is -2.01. The zero-order chi connectivity index (χ0) is 15.0. The summed E-state index contributed by atoms with van der Waals surface area (Å²) in [6.45, 7) is 0. The predicted molar refractivity (Wildman–Crippen MR) is 74.8 cm³/mol. The molecule has 2 aromatic rings. The lowest BCUT2D eigenvalue weighted by molar-refractivity contribution is 0.0602. The minimum Gasteiger partial charge on any atom is -0.465 e. The molecule has 1 fully saturated rings. The Labute approximate surface area is 121 Å². The van der Waals surface area contributed by atoms with E-state index in [0.717, 1.165) is 0 Å². The molecule has 0 spiro atoms. The molecule has 0 amide bonds. The van der Waals surface area contributed by atoms with Crippen LogP contribution in [0.25, 0.3) is 5.65 Å². The molecule has 7 nitrogen and oxygen atoms in total. The highest BCUT2D eigenvalue weighted by Gasteiger charge is 2.29. The molecule has 2 aromatic heterocycles. The minimum absolute atomic E-state index is 0.0500. The SMILES string of the molecule is COC(=O)c1cccn2nc(CC3CCS(=O)(=O)C3)nc12. The lowest BCUT2D eigenvalue weighted by Crippen LogP contribution is -2.08. The number of ether oxygens (including phenoxy) is 1. The van der Waals surface area contributed by atoms with E-state index in [1.807, 2.05) is 0 Å². The van der Waals surface area contributed by atoms with Gasteiger partial charge in [0.1, 0.15) is 5.56 Å². The van der Waals surface area contributed by atoms with Crippen LogP contribution in [0.4, 0.5) is 0 Å². The van der Waals surface area contributed by atoms with Gasteiger partial charge in [-0.15, -0.1) is 0 Å². The number of methoxy groups -OCH3 is 1. The summed E-state index contributed by atoms with van der Waals surface area (Å²) in [4.78, 5) is 16.0. The van der Waals surface area contributed by atoms with E-state index >= 15 is 0 Å². The standard InChI is InChI=1S/C13H15N3O4S/c1-20-13(17)10-3-2-5-16-12(10)14-11(15-16)7-9-4-6-21(18,19)8-9/h2-3,5,9H,4,6-8H2,1H3. The van der Waals surface area contributed by atoms with Crippen molar-refractivity contribution in [1.29, 1.82) is 0 Å². The van der Waals surface area contributed by atoms with Crippen molar-refractivity contribution in [3.05, 3.63) is 29.7 Å². The van der Waals surface area contributed by atoms with Crippen molar-refractivity contribution in [1.82, 2.24) is 14.6 Å². The first kappa shape index (κ1) is 14.0. The molecule has 21 heavy (non-hydrogen) atoms. The average Bonchev–Trinajstić information content (AvgIpc) is 3.00. The van der Waals surface area contributed by atoms with Gasteiger partial charge in [0, 0.05) is 12.6 Å². The predicted octanol–water partition coefficient (Wildman–Crippen LogP) is 0.493. The van der Waals surface area contributed by atoms with Crippen LogP contribution >= 0.6 is 0 Å². The second kappa shape index (κ2) is 5.10. The number of hydrogen-bond donors (Lipinski definition) is 0. The zero-order valence-electron chi connectivity index (χ0n) is 11.5. The summed E-state index contributed by atoms with van der Waals surface area (Å²) in [7, 11) is -1.60. The first-order valence-electron chi connectivity index (χ1n) is 6.61. The summed E-state index contributed by atoms with van der Waals surface area (Å²) < 4.78 is 29.2.